The number of nitrogens with one attached hydrogen (secondary N) is 2. The maximum atomic E-state index is 12.3. The summed E-state index contributed by atoms with van der Waals surface area (Å²) in [6.45, 7) is 0.143. The van der Waals surface area contributed by atoms with Gasteiger partial charge in [-0.15, -0.1) is 22.7 Å². The van der Waals surface area contributed by atoms with Crippen LogP contribution in [0.3, 0.4) is 0 Å². The third-order valence-corrected chi connectivity index (χ3v) is 5.87. The number of amides is 2. The minimum atomic E-state index is -0.831. The van der Waals surface area contributed by atoms with E-state index in [2.05, 4.69) is 10.6 Å². The Balaban J connectivity index is 1.58. The molecule has 0 unspecified atom stereocenters. The fourth-order valence-corrected chi connectivity index (χ4v) is 4.11. The SMILES string of the molecule is COc1ccc(OC)c(NC(=O)C(=O)NCc2ccc(C(=O)c3cccs3)s2)c1. The van der Waals surface area contributed by atoms with Gasteiger partial charge in [0.15, 0.2) is 0 Å². The molecule has 9 heteroatoms. The van der Waals surface area contributed by atoms with Gasteiger partial charge in [0.1, 0.15) is 11.5 Å². The molecule has 7 nitrogen and oxygen atoms in total. The van der Waals surface area contributed by atoms with Crippen LogP contribution in [0.2, 0.25) is 0 Å². The number of anilines is 1. The lowest BCUT2D eigenvalue weighted by Gasteiger charge is -2.11. The molecule has 0 saturated carbocycles. The molecule has 3 aromatic rings. The van der Waals surface area contributed by atoms with Crippen molar-refractivity contribution in [1.29, 1.82) is 0 Å². The second-order valence-corrected chi connectivity index (χ2v) is 7.89. The first-order valence-corrected chi connectivity index (χ1v) is 10.2. The summed E-state index contributed by atoms with van der Waals surface area (Å²) in [4.78, 5) is 38.7. The van der Waals surface area contributed by atoms with E-state index in [4.69, 9.17) is 9.47 Å². The molecule has 2 N–H and O–H groups in total. The van der Waals surface area contributed by atoms with E-state index >= 15 is 0 Å². The van der Waals surface area contributed by atoms with Crippen LogP contribution < -0.4 is 20.1 Å². The molecule has 2 amide bonds. The topological polar surface area (TPSA) is 93.7 Å². The highest BCUT2D eigenvalue weighted by Crippen LogP contribution is 2.28. The zero-order valence-electron chi connectivity index (χ0n) is 15.7. The van der Waals surface area contributed by atoms with Gasteiger partial charge in [-0.05, 0) is 35.7 Å². The fraction of sp³-hybridized carbons (Fsp3) is 0.150. The Hall–Kier alpha value is -3.17. The lowest BCUT2D eigenvalue weighted by molar-refractivity contribution is -0.136. The molecule has 3 rings (SSSR count). The highest BCUT2D eigenvalue weighted by molar-refractivity contribution is 7.16. The minimum absolute atomic E-state index is 0.0505. The second kappa shape index (κ2) is 9.35. The quantitative estimate of drug-likeness (QED) is 0.443. The van der Waals surface area contributed by atoms with Gasteiger partial charge < -0.3 is 20.1 Å². The molecule has 0 aliphatic carbocycles. The predicted molar refractivity (Wildman–Crippen MR) is 112 cm³/mol. The van der Waals surface area contributed by atoms with Gasteiger partial charge >= 0.3 is 11.8 Å². The normalized spacial score (nSPS) is 10.3. The van der Waals surface area contributed by atoms with Gasteiger partial charge in [0.2, 0.25) is 5.78 Å². The predicted octanol–water partition coefficient (Wildman–Crippen LogP) is 3.31. The minimum Gasteiger partial charge on any atom is -0.497 e. The van der Waals surface area contributed by atoms with Gasteiger partial charge in [-0.3, -0.25) is 14.4 Å². The molecule has 2 heterocycles. The van der Waals surface area contributed by atoms with Crippen molar-refractivity contribution >= 4 is 46.0 Å². The number of rotatable bonds is 7. The van der Waals surface area contributed by atoms with Crippen molar-refractivity contribution in [2.24, 2.45) is 0 Å². The van der Waals surface area contributed by atoms with E-state index in [9.17, 15) is 14.4 Å². The summed E-state index contributed by atoms with van der Waals surface area (Å²) in [5.41, 5.74) is 0.326. The molecule has 0 spiro atoms. The van der Waals surface area contributed by atoms with Crippen molar-refractivity contribution in [2.45, 2.75) is 6.54 Å². The Morgan fingerprint density at radius 2 is 1.79 bits per heavy atom. The maximum absolute atomic E-state index is 12.3. The number of carbonyl (C=O) groups is 3. The van der Waals surface area contributed by atoms with Crippen LogP contribution in [0.25, 0.3) is 0 Å². The number of carbonyl (C=O) groups excluding carboxylic acids is 3. The van der Waals surface area contributed by atoms with Crippen LogP contribution in [0.4, 0.5) is 5.69 Å². The lowest BCUT2D eigenvalue weighted by atomic mass is 10.2. The van der Waals surface area contributed by atoms with E-state index < -0.39 is 11.8 Å². The molecular formula is C20H18N2O5S2. The molecule has 0 radical (unpaired) electrons. The summed E-state index contributed by atoms with van der Waals surface area (Å²) >= 11 is 2.66. The van der Waals surface area contributed by atoms with Gasteiger partial charge in [-0.25, -0.2) is 0 Å². The first kappa shape index (κ1) is 20.6. The zero-order chi connectivity index (χ0) is 20.8. The summed E-state index contributed by atoms with van der Waals surface area (Å²) in [6, 6.07) is 11.9. The Morgan fingerprint density at radius 1 is 0.966 bits per heavy atom. The molecule has 0 atom stereocenters. The standard InChI is InChI=1S/C20H18N2O5S2/c1-26-12-5-7-15(27-2)14(10-12)22-20(25)19(24)21-11-13-6-8-17(29-13)18(23)16-4-3-9-28-16/h3-10H,11H2,1-2H3,(H,21,24)(H,22,25). The third kappa shape index (κ3) is 5.01. The van der Waals surface area contributed by atoms with Crippen LogP contribution in [0.1, 0.15) is 19.4 Å². The van der Waals surface area contributed by atoms with Gasteiger partial charge in [0.25, 0.3) is 0 Å². The van der Waals surface area contributed by atoms with E-state index in [1.165, 1.54) is 36.9 Å². The van der Waals surface area contributed by atoms with Crippen molar-refractivity contribution in [2.75, 3.05) is 19.5 Å². The molecule has 0 saturated heterocycles. The highest BCUT2D eigenvalue weighted by atomic mass is 32.1. The fourth-order valence-electron chi connectivity index (χ4n) is 2.46. The van der Waals surface area contributed by atoms with E-state index in [-0.39, 0.29) is 12.3 Å². The lowest BCUT2D eigenvalue weighted by Crippen LogP contribution is -2.34. The molecule has 0 aliphatic rings. The summed E-state index contributed by atoms with van der Waals surface area (Å²) < 4.78 is 10.3. The van der Waals surface area contributed by atoms with Crippen molar-refractivity contribution in [3.8, 4) is 11.5 Å². The smallest absolute Gasteiger partial charge is 0.313 e. The van der Waals surface area contributed by atoms with Crippen LogP contribution in [0.15, 0.2) is 47.8 Å². The first-order chi connectivity index (χ1) is 14.0. The number of hydrogen-bond donors (Lipinski definition) is 2. The van der Waals surface area contributed by atoms with Crippen LogP contribution >= 0.6 is 22.7 Å². The van der Waals surface area contributed by atoms with Gasteiger partial charge in [0, 0.05) is 10.9 Å². The van der Waals surface area contributed by atoms with Crippen LogP contribution in [-0.4, -0.2) is 31.8 Å². The van der Waals surface area contributed by atoms with Crippen LogP contribution in [-0.2, 0) is 16.1 Å². The van der Waals surface area contributed by atoms with E-state index in [1.54, 1.807) is 36.4 Å². The number of benzene rings is 1. The summed E-state index contributed by atoms with van der Waals surface area (Å²) in [7, 11) is 2.96. The van der Waals surface area contributed by atoms with E-state index in [1.807, 2.05) is 11.4 Å². The molecule has 150 valence electrons. The van der Waals surface area contributed by atoms with Crippen molar-refractivity contribution < 1.29 is 23.9 Å². The number of methoxy groups -OCH3 is 2. The Labute approximate surface area is 175 Å². The number of thiophene rings is 2. The van der Waals surface area contributed by atoms with E-state index in [0.717, 1.165) is 4.88 Å². The molecule has 2 aromatic heterocycles. The third-order valence-electron chi connectivity index (χ3n) is 3.91. The van der Waals surface area contributed by atoms with Crippen LogP contribution in [0, 0.1) is 0 Å². The van der Waals surface area contributed by atoms with Crippen molar-refractivity contribution in [1.82, 2.24) is 5.32 Å². The Bertz CT molecular complexity index is 1030. The van der Waals surface area contributed by atoms with Crippen molar-refractivity contribution in [3.05, 3.63) is 62.5 Å². The monoisotopic (exact) mass is 430 g/mol. The zero-order valence-corrected chi connectivity index (χ0v) is 17.3. The summed E-state index contributed by atoms with van der Waals surface area (Å²) in [6.07, 6.45) is 0. The summed E-state index contributed by atoms with van der Waals surface area (Å²) in [5.74, 6) is -0.757. The van der Waals surface area contributed by atoms with Crippen LogP contribution in [0.5, 0.6) is 11.5 Å². The molecular weight excluding hydrogens is 412 g/mol. The average Bonchev–Trinajstić information content (AvgIpc) is 3.43. The average molecular weight is 431 g/mol. The van der Waals surface area contributed by atoms with Crippen molar-refractivity contribution in [3.63, 3.8) is 0 Å². The highest BCUT2D eigenvalue weighted by Gasteiger charge is 2.17. The molecule has 0 aliphatic heterocycles. The Kier molecular flexibility index (Phi) is 6.63. The van der Waals surface area contributed by atoms with E-state index in [0.29, 0.717) is 26.9 Å². The second-order valence-electron chi connectivity index (χ2n) is 5.78. The first-order valence-electron chi connectivity index (χ1n) is 8.50. The molecule has 0 fully saturated rings. The number of hydrogen-bond acceptors (Lipinski definition) is 7. The van der Waals surface area contributed by atoms with Gasteiger partial charge in [-0.1, -0.05) is 6.07 Å². The van der Waals surface area contributed by atoms with Gasteiger partial charge in [-0.2, -0.15) is 0 Å². The number of ether oxygens (including phenoxy) is 2. The molecule has 29 heavy (non-hydrogen) atoms. The Morgan fingerprint density at radius 3 is 2.48 bits per heavy atom. The van der Waals surface area contributed by atoms with Gasteiger partial charge in [0.05, 0.1) is 36.2 Å². The number of ketones is 1. The largest absolute Gasteiger partial charge is 0.497 e. The summed E-state index contributed by atoms with van der Waals surface area (Å²) in [5, 5.41) is 6.90. The molecule has 0 bridgehead atoms. The molecule has 1 aromatic carbocycles. The maximum Gasteiger partial charge on any atom is 0.313 e.